The maximum Gasteiger partial charge on any atom is 0.274 e. The molecule has 0 bridgehead atoms. The van der Waals surface area contributed by atoms with Crippen molar-refractivity contribution < 1.29 is 23.0 Å². The van der Waals surface area contributed by atoms with Crippen molar-refractivity contribution in [1.82, 2.24) is 0 Å². The third-order valence-electron chi connectivity index (χ3n) is 5.27. The highest BCUT2D eigenvalue weighted by Crippen LogP contribution is 2.61. The van der Waals surface area contributed by atoms with Gasteiger partial charge in [0.15, 0.2) is 0 Å². The molecule has 3 nitrogen and oxygen atoms in total. The number of allylic oxidation sites excluding steroid dienone is 1. The Labute approximate surface area is 124 Å². The van der Waals surface area contributed by atoms with Gasteiger partial charge < -0.3 is 14.2 Å². The van der Waals surface area contributed by atoms with Crippen molar-refractivity contribution in [3.63, 3.8) is 0 Å². The van der Waals surface area contributed by atoms with E-state index in [1.165, 1.54) is 12.7 Å². The third-order valence-corrected chi connectivity index (χ3v) is 5.27. The second-order valence-electron chi connectivity index (χ2n) is 7.06. The van der Waals surface area contributed by atoms with E-state index >= 15 is 0 Å². The quantitative estimate of drug-likeness (QED) is 0.590. The van der Waals surface area contributed by atoms with Crippen LogP contribution in [-0.2, 0) is 14.2 Å². The highest BCUT2D eigenvalue weighted by atomic mass is 19.3. The highest BCUT2D eigenvalue weighted by molar-refractivity contribution is 5.21. The first-order chi connectivity index (χ1) is 9.75. The molecule has 21 heavy (non-hydrogen) atoms. The molecule has 0 radical (unpaired) electrons. The summed E-state index contributed by atoms with van der Waals surface area (Å²) in [6.45, 7) is 6.52. The fourth-order valence-electron chi connectivity index (χ4n) is 3.91. The van der Waals surface area contributed by atoms with Crippen LogP contribution in [0.2, 0.25) is 0 Å². The molecule has 2 heterocycles. The van der Waals surface area contributed by atoms with Gasteiger partial charge in [-0.15, -0.1) is 0 Å². The van der Waals surface area contributed by atoms with E-state index in [9.17, 15) is 8.78 Å². The van der Waals surface area contributed by atoms with Crippen LogP contribution in [0.25, 0.3) is 0 Å². The van der Waals surface area contributed by atoms with Crippen molar-refractivity contribution >= 4 is 0 Å². The zero-order chi connectivity index (χ0) is 15.5. The summed E-state index contributed by atoms with van der Waals surface area (Å²) in [5, 5.41) is 0. The Bertz CT molecular complexity index is 454. The molecule has 3 fully saturated rings. The van der Waals surface area contributed by atoms with E-state index in [1.807, 2.05) is 20.8 Å². The highest BCUT2D eigenvalue weighted by Gasteiger charge is 2.74. The van der Waals surface area contributed by atoms with Gasteiger partial charge >= 0.3 is 0 Å². The molecule has 0 aromatic rings. The van der Waals surface area contributed by atoms with Crippen LogP contribution in [-0.4, -0.2) is 43.0 Å². The molecule has 3 rings (SSSR count). The van der Waals surface area contributed by atoms with Gasteiger partial charge in [-0.05, 0) is 33.6 Å². The lowest BCUT2D eigenvalue weighted by atomic mass is 9.68. The molecular weight excluding hydrogens is 278 g/mol. The number of halogens is 2. The van der Waals surface area contributed by atoms with Crippen LogP contribution in [0.3, 0.4) is 0 Å². The number of methoxy groups -OCH3 is 1. The van der Waals surface area contributed by atoms with Crippen molar-refractivity contribution in [2.75, 3.05) is 13.7 Å². The van der Waals surface area contributed by atoms with E-state index in [0.717, 1.165) is 6.42 Å². The summed E-state index contributed by atoms with van der Waals surface area (Å²) in [5.74, 6) is -3.22. The van der Waals surface area contributed by atoms with Gasteiger partial charge in [0.05, 0.1) is 18.6 Å². The molecule has 5 atom stereocenters. The van der Waals surface area contributed by atoms with E-state index in [4.69, 9.17) is 14.2 Å². The van der Waals surface area contributed by atoms with Crippen molar-refractivity contribution in [3.05, 3.63) is 11.6 Å². The zero-order valence-corrected chi connectivity index (χ0v) is 13.1. The van der Waals surface area contributed by atoms with Crippen LogP contribution in [0.15, 0.2) is 11.6 Å². The fraction of sp³-hybridized carbons (Fsp3) is 0.875. The van der Waals surface area contributed by atoms with Gasteiger partial charge in [-0.2, -0.15) is 0 Å². The maximum absolute atomic E-state index is 14.2. The van der Waals surface area contributed by atoms with Gasteiger partial charge in [0, 0.05) is 13.5 Å². The van der Waals surface area contributed by atoms with Crippen LogP contribution in [0.1, 0.15) is 40.0 Å². The largest absolute Gasteiger partial charge is 0.375 e. The number of hydrogen-bond acceptors (Lipinski definition) is 3. The lowest BCUT2D eigenvalue weighted by Gasteiger charge is -2.42. The van der Waals surface area contributed by atoms with Crippen LogP contribution >= 0.6 is 0 Å². The first-order valence-corrected chi connectivity index (χ1v) is 7.61. The molecule has 2 unspecified atom stereocenters. The van der Waals surface area contributed by atoms with Gasteiger partial charge in [-0.1, -0.05) is 11.6 Å². The molecule has 2 aliphatic heterocycles. The number of alkyl halides is 2. The summed E-state index contributed by atoms with van der Waals surface area (Å²) in [6, 6.07) is 0. The molecule has 1 aliphatic carbocycles. The molecule has 1 spiro atoms. The first-order valence-electron chi connectivity index (χ1n) is 7.61. The average Bonchev–Trinajstić information content (AvgIpc) is 3.29. The van der Waals surface area contributed by atoms with E-state index in [2.05, 4.69) is 6.08 Å². The molecule has 1 saturated carbocycles. The normalized spacial score (nSPS) is 47.2. The Morgan fingerprint density at radius 2 is 2.00 bits per heavy atom. The lowest BCUT2D eigenvalue weighted by Crippen LogP contribution is -2.57. The minimum atomic E-state index is -2.81. The molecule has 0 aromatic carbocycles. The second kappa shape index (κ2) is 4.74. The monoisotopic (exact) mass is 302 g/mol. The molecule has 2 saturated heterocycles. The first kappa shape index (κ1) is 15.4. The Morgan fingerprint density at radius 1 is 1.33 bits per heavy atom. The standard InChI is InChI=1S/C16H24F2O3/c1-10(2)5-6-11-14(3,21-11)12-13(19-4)16(17,18)8-7-15(12)9-20-15/h5,11-13H,6-9H2,1-4H3/t11-,12?,13+,14?,15+/m1/s1. The maximum atomic E-state index is 14.2. The van der Waals surface area contributed by atoms with Gasteiger partial charge in [0.2, 0.25) is 0 Å². The van der Waals surface area contributed by atoms with E-state index in [1.54, 1.807) is 0 Å². The second-order valence-corrected chi connectivity index (χ2v) is 7.06. The molecule has 120 valence electrons. The van der Waals surface area contributed by atoms with Crippen molar-refractivity contribution in [1.29, 1.82) is 0 Å². The minimum Gasteiger partial charge on any atom is -0.375 e. The van der Waals surface area contributed by atoms with Crippen LogP contribution in [0.5, 0.6) is 0 Å². The third kappa shape index (κ3) is 2.43. The molecule has 0 amide bonds. The van der Waals surface area contributed by atoms with Crippen LogP contribution < -0.4 is 0 Å². The predicted molar refractivity (Wildman–Crippen MR) is 74.5 cm³/mol. The molecule has 3 aliphatic rings. The summed E-state index contributed by atoms with van der Waals surface area (Å²) in [6.07, 6.45) is 1.92. The summed E-state index contributed by atoms with van der Waals surface area (Å²) in [4.78, 5) is 0. The summed E-state index contributed by atoms with van der Waals surface area (Å²) >= 11 is 0. The fourth-order valence-corrected chi connectivity index (χ4v) is 3.91. The summed E-state index contributed by atoms with van der Waals surface area (Å²) in [5.41, 5.74) is 0.173. The van der Waals surface area contributed by atoms with E-state index < -0.39 is 29.1 Å². The summed E-state index contributed by atoms with van der Waals surface area (Å²) < 4.78 is 45.2. The van der Waals surface area contributed by atoms with Crippen molar-refractivity contribution in [2.24, 2.45) is 5.92 Å². The van der Waals surface area contributed by atoms with E-state index in [-0.39, 0.29) is 12.5 Å². The SMILES string of the molecule is CO[C@H]1C(C2(C)O[C@@H]2CC=C(C)C)[C@]2(CCC1(F)F)CO2. The molecule has 0 aromatic heterocycles. The summed E-state index contributed by atoms with van der Waals surface area (Å²) in [7, 11) is 1.36. The Hall–Kier alpha value is -0.520. The van der Waals surface area contributed by atoms with E-state index in [0.29, 0.717) is 13.0 Å². The molecular formula is C16H24F2O3. The molecule has 5 heteroatoms. The minimum absolute atomic E-state index is 0.0231. The van der Waals surface area contributed by atoms with Crippen molar-refractivity contribution in [2.45, 2.75) is 69.4 Å². The number of ether oxygens (including phenoxy) is 3. The number of hydrogen-bond donors (Lipinski definition) is 0. The zero-order valence-electron chi connectivity index (χ0n) is 13.1. The Kier molecular flexibility index (Phi) is 3.47. The Morgan fingerprint density at radius 3 is 2.52 bits per heavy atom. The van der Waals surface area contributed by atoms with Gasteiger partial charge in [0.25, 0.3) is 5.92 Å². The molecule has 0 N–H and O–H groups in total. The lowest BCUT2D eigenvalue weighted by molar-refractivity contribution is -0.197. The van der Waals surface area contributed by atoms with Crippen molar-refractivity contribution in [3.8, 4) is 0 Å². The predicted octanol–water partition coefficient (Wildman–Crippen LogP) is 3.33. The van der Waals surface area contributed by atoms with Gasteiger partial charge in [0.1, 0.15) is 17.3 Å². The van der Waals surface area contributed by atoms with Crippen LogP contribution in [0.4, 0.5) is 8.78 Å². The topological polar surface area (TPSA) is 34.3 Å². The Balaban J connectivity index is 1.83. The van der Waals surface area contributed by atoms with Crippen LogP contribution in [0, 0.1) is 5.92 Å². The van der Waals surface area contributed by atoms with Gasteiger partial charge in [-0.25, -0.2) is 8.78 Å². The number of rotatable bonds is 4. The van der Waals surface area contributed by atoms with Gasteiger partial charge in [-0.3, -0.25) is 0 Å². The smallest absolute Gasteiger partial charge is 0.274 e. The number of epoxide rings is 2. The average molecular weight is 302 g/mol.